The molecule has 1 aliphatic rings. The molecule has 0 aliphatic carbocycles. The zero-order chi connectivity index (χ0) is 22.7. The van der Waals surface area contributed by atoms with E-state index in [-0.39, 0.29) is 17.0 Å². The number of fused-ring (bicyclic) bond motifs is 1. The molecule has 2 aromatic heterocycles. The maximum absolute atomic E-state index is 11.5. The Hall–Kier alpha value is -1.33. The van der Waals surface area contributed by atoms with Gasteiger partial charge in [-0.1, -0.05) is 0 Å². The van der Waals surface area contributed by atoms with Crippen molar-refractivity contribution in [1.29, 1.82) is 0 Å². The number of nitrogens with two attached hydrogens (primary N) is 1. The molecule has 20 heteroatoms. The van der Waals surface area contributed by atoms with E-state index in [1.54, 1.807) is 0 Å². The molecular weight excluding hydrogens is 495 g/mol. The number of imidazole rings is 1. The molecule has 2 aromatic rings. The Labute approximate surface area is 173 Å². The van der Waals surface area contributed by atoms with Gasteiger partial charge in [-0.05, 0) is 0 Å². The van der Waals surface area contributed by atoms with E-state index < -0.39 is 63.0 Å². The second-order valence-electron chi connectivity index (χ2n) is 5.54. The Morgan fingerprint density at radius 3 is 2.40 bits per heavy atom. The van der Waals surface area contributed by atoms with Crippen LogP contribution in [0.3, 0.4) is 0 Å². The van der Waals surface area contributed by atoms with Crippen molar-refractivity contribution in [1.82, 2.24) is 19.5 Å². The van der Waals surface area contributed by atoms with Crippen LogP contribution in [0.25, 0.3) is 11.2 Å². The van der Waals surface area contributed by atoms with Crippen LogP contribution in [-0.4, -0.2) is 69.3 Å². The van der Waals surface area contributed by atoms with Crippen LogP contribution in [0, 0.1) is 0 Å². The number of anilines is 1. The fraction of sp³-hybridized carbons (Fsp3) is 0.500. The first-order chi connectivity index (χ1) is 13.9. The predicted molar refractivity (Wildman–Crippen MR) is 85.9 cm³/mol. The standard InChI is InChI=1S/C10H15N5O10P2.2O.V/c11-8-5-9(13-2-12-8)15(3-14-5)10-7(17)6(16)4(24-10)1-23-27(21,22)25-26(18,19)20;;;/h2-4,6-7,10,16-17H,1H2,(H,21,22)(H2,11,12,13)(H2,18,19,20);;;. The van der Waals surface area contributed by atoms with Crippen molar-refractivity contribution in [3.05, 3.63) is 12.7 Å². The fourth-order valence-electron chi connectivity index (χ4n) is 2.48. The van der Waals surface area contributed by atoms with Crippen molar-refractivity contribution in [3.8, 4) is 0 Å². The molecule has 5 atom stereocenters. The molecule has 1 aliphatic heterocycles. The molecular formula is C10H15N5O12P2V. The van der Waals surface area contributed by atoms with Gasteiger partial charge in [0.25, 0.3) is 0 Å². The minimum atomic E-state index is -5.29. The second-order valence-corrected chi connectivity index (χ2v) is 8.60. The van der Waals surface area contributed by atoms with Gasteiger partial charge in [0, 0.05) is 0 Å². The van der Waals surface area contributed by atoms with Gasteiger partial charge in [0.2, 0.25) is 0 Å². The Morgan fingerprint density at radius 2 is 1.80 bits per heavy atom. The summed E-state index contributed by atoms with van der Waals surface area (Å²) in [6.07, 6.45) is -3.20. The van der Waals surface area contributed by atoms with E-state index in [1.807, 2.05) is 0 Å². The quantitative estimate of drug-likeness (QED) is 0.230. The number of aliphatic hydroxyl groups is 2. The number of nitrogen functional groups attached to an aromatic ring is 1. The van der Waals surface area contributed by atoms with Crippen LogP contribution in [0.4, 0.5) is 5.82 Å². The number of nitrogens with zero attached hydrogens (tertiary/aromatic N) is 4. The third-order valence-electron chi connectivity index (χ3n) is 3.61. The monoisotopic (exact) mass is 510 g/mol. The number of hydrogen-bond acceptors (Lipinski definition) is 13. The molecule has 0 saturated carbocycles. The number of aliphatic hydroxyl groups excluding tert-OH is 2. The first-order valence-electron chi connectivity index (χ1n) is 7.54. The molecule has 0 radical (unpaired) electrons. The van der Waals surface area contributed by atoms with Gasteiger partial charge in [-0.2, -0.15) is 4.31 Å². The van der Waals surface area contributed by atoms with Crippen LogP contribution in [-0.2, 0) is 46.2 Å². The SMILES string of the molecule is Nc1ncnc2c1ncn2C1OC(COP(=O)(O)OP(=O)(O)O)C(O)C1O.[O]=[V]=[O]. The van der Waals surface area contributed by atoms with Crippen LogP contribution in [0.2, 0.25) is 0 Å². The first-order valence-corrected chi connectivity index (χ1v) is 11.7. The Kier molecular flexibility index (Phi) is 8.20. The molecule has 0 bridgehead atoms. The minimum absolute atomic E-state index is 0.0856. The molecule has 0 aromatic carbocycles. The average molecular weight is 510 g/mol. The van der Waals surface area contributed by atoms with E-state index in [1.165, 1.54) is 10.9 Å². The summed E-state index contributed by atoms with van der Waals surface area (Å²) in [4.78, 5) is 38.1. The van der Waals surface area contributed by atoms with Gasteiger partial charge in [0.05, 0.1) is 12.9 Å². The Bertz CT molecular complexity index is 1020. The van der Waals surface area contributed by atoms with Crippen molar-refractivity contribution in [2.24, 2.45) is 0 Å². The van der Waals surface area contributed by atoms with Crippen LogP contribution in [0.15, 0.2) is 12.7 Å². The number of phosphoric ester groups is 1. The summed E-state index contributed by atoms with van der Waals surface area (Å²) >= 11 is -1.81. The number of aromatic nitrogens is 4. The van der Waals surface area contributed by atoms with Crippen molar-refractivity contribution >= 4 is 32.6 Å². The molecule has 7 N–H and O–H groups in total. The number of phosphoric acid groups is 2. The summed E-state index contributed by atoms with van der Waals surface area (Å²) in [5.74, 6) is 0.0856. The molecule has 30 heavy (non-hydrogen) atoms. The summed E-state index contributed by atoms with van der Waals surface area (Å²) < 4.78 is 53.8. The Morgan fingerprint density at radius 1 is 1.17 bits per heavy atom. The van der Waals surface area contributed by atoms with Gasteiger partial charge in [0.15, 0.2) is 17.7 Å². The molecule has 0 amide bonds. The summed E-state index contributed by atoms with van der Waals surface area (Å²) in [5, 5.41) is 20.3. The molecule has 3 rings (SSSR count). The van der Waals surface area contributed by atoms with Gasteiger partial charge in [-0.25, -0.2) is 24.1 Å². The van der Waals surface area contributed by atoms with E-state index >= 15 is 0 Å². The zero-order valence-corrected chi connectivity index (χ0v) is 17.7. The molecule has 3 heterocycles. The van der Waals surface area contributed by atoms with Crippen molar-refractivity contribution in [3.63, 3.8) is 0 Å². The predicted octanol–water partition coefficient (Wildman–Crippen LogP) is -1.99. The van der Waals surface area contributed by atoms with Gasteiger partial charge < -0.3 is 35.4 Å². The normalized spacial score (nSPS) is 25.9. The first kappa shape index (κ1) is 24.9. The maximum atomic E-state index is 11.5. The summed E-state index contributed by atoms with van der Waals surface area (Å²) in [6.45, 7) is -0.813. The van der Waals surface area contributed by atoms with Crippen molar-refractivity contribution in [2.45, 2.75) is 24.5 Å². The topological polar surface area (TPSA) is 267 Å². The van der Waals surface area contributed by atoms with Crippen molar-refractivity contribution in [2.75, 3.05) is 12.3 Å². The van der Waals surface area contributed by atoms with E-state index in [9.17, 15) is 24.2 Å². The summed E-state index contributed by atoms with van der Waals surface area (Å²) in [6, 6.07) is 0. The van der Waals surface area contributed by atoms with Crippen LogP contribution >= 0.6 is 15.6 Å². The van der Waals surface area contributed by atoms with E-state index in [0.717, 1.165) is 6.33 Å². The third kappa shape index (κ3) is 6.10. The van der Waals surface area contributed by atoms with Crippen LogP contribution in [0.1, 0.15) is 6.23 Å². The fourth-order valence-corrected chi connectivity index (χ4v) is 4.08. The van der Waals surface area contributed by atoms with E-state index in [0.29, 0.717) is 0 Å². The van der Waals surface area contributed by atoms with Gasteiger partial charge in [0.1, 0.15) is 30.2 Å². The summed E-state index contributed by atoms with van der Waals surface area (Å²) in [5.41, 5.74) is 6.11. The van der Waals surface area contributed by atoms with Crippen LogP contribution in [0.5, 0.6) is 0 Å². The third-order valence-corrected chi connectivity index (χ3v) is 5.76. The van der Waals surface area contributed by atoms with E-state index in [2.05, 4.69) is 23.8 Å². The zero-order valence-electron chi connectivity index (χ0n) is 14.5. The van der Waals surface area contributed by atoms with Gasteiger partial charge in [-0.3, -0.25) is 9.09 Å². The molecule has 167 valence electrons. The number of ether oxygens (including phenoxy) is 1. The van der Waals surface area contributed by atoms with Gasteiger partial charge in [-0.15, -0.1) is 0 Å². The molecule has 1 fully saturated rings. The molecule has 0 spiro atoms. The summed E-state index contributed by atoms with van der Waals surface area (Å²) in [7, 11) is -10.4. The Balaban J connectivity index is 0.00000101. The van der Waals surface area contributed by atoms with Gasteiger partial charge >= 0.3 is 39.2 Å². The number of rotatable bonds is 6. The average Bonchev–Trinajstić information content (AvgIpc) is 3.15. The number of hydrogen-bond donors (Lipinski definition) is 6. The second kappa shape index (κ2) is 9.87. The van der Waals surface area contributed by atoms with E-state index in [4.69, 9.17) is 27.6 Å². The molecule has 1 saturated heterocycles. The molecule has 17 nitrogen and oxygen atoms in total. The molecule has 5 unspecified atom stereocenters. The van der Waals surface area contributed by atoms with Crippen LogP contribution < -0.4 is 5.73 Å². The van der Waals surface area contributed by atoms with Crippen molar-refractivity contribution < 1.29 is 71.1 Å².